The third-order valence-electron chi connectivity index (χ3n) is 7.16. The Morgan fingerprint density at radius 1 is 0.763 bits per heavy atom. The molecule has 10 nitrogen and oxygen atoms in total. The summed E-state index contributed by atoms with van der Waals surface area (Å²) in [5.41, 5.74) is 0.142. The molecule has 0 saturated carbocycles. The van der Waals surface area contributed by atoms with Gasteiger partial charge in [-0.1, -0.05) is 26.7 Å². The van der Waals surface area contributed by atoms with E-state index in [1.165, 1.54) is 0 Å². The minimum absolute atomic E-state index is 0.0708. The lowest BCUT2D eigenvalue weighted by Crippen LogP contribution is -2.59. The van der Waals surface area contributed by atoms with Crippen LogP contribution < -0.4 is 21.3 Å². The minimum atomic E-state index is -0.333. The normalized spacial score (nSPS) is 19.5. The molecule has 220 valence electrons. The van der Waals surface area contributed by atoms with Gasteiger partial charge in [-0.2, -0.15) is 15.0 Å². The first-order valence-corrected chi connectivity index (χ1v) is 14.6. The molecule has 0 bridgehead atoms. The molecule has 38 heavy (non-hydrogen) atoms. The molecule has 10 heteroatoms. The molecule has 0 amide bonds. The van der Waals surface area contributed by atoms with Gasteiger partial charge in [0, 0.05) is 37.8 Å². The fourth-order valence-corrected chi connectivity index (χ4v) is 5.81. The molecule has 1 aliphatic rings. The summed E-state index contributed by atoms with van der Waals surface area (Å²) >= 11 is 0. The lowest BCUT2D eigenvalue weighted by Gasteiger charge is -2.48. The zero-order valence-electron chi connectivity index (χ0n) is 24.9. The summed E-state index contributed by atoms with van der Waals surface area (Å²) in [5, 5.41) is 33.7. The summed E-state index contributed by atoms with van der Waals surface area (Å²) in [6.07, 6.45) is 7.18. The van der Waals surface area contributed by atoms with E-state index in [1.54, 1.807) is 7.11 Å². The van der Waals surface area contributed by atoms with Crippen LogP contribution in [0, 0.1) is 5.92 Å². The zero-order chi connectivity index (χ0) is 28.2. The van der Waals surface area contributed by atoms with E-state index in [0.29, 0.717) is 56.2 Å². The molecule has 1 aliphatic heterocycles. The number of hydrogen-bond acceptors (Lipinski definition) is 10. The second-order valence-electron chi connectivity index (χ2n) is 12.2. The van der Waals surface area contributed by atoms with E-state index in [9.17, 15) is 10.2 Å². The largest absolute Gasteiger partial charge is 0.393 e. The molecule has 3 unspecified atom stereocenters. The van der Waals surface area contributed by atoms with E-state index >= 15 is 0 Å². The van der Waals surface area contributed by atoms with Crippen molar-refractivity contribution in [3.63, 3.8) is 0 Å². The summed E-state index contributed by atoms with van der Waals surface area (Å²) in [6, 6.07) is 0. The van der Waals surface area contributed by atoms with Gasteiger partial charge < -0.3 is 36.2 Å². The Hall–Kier alpha value is -1.75. The lowest BCUT2D eigenvalue weighted by atomic mass is 9.73. The number of anilines is 3. The smallest absolute Gasteiger partial charge is 0.229 e. The molecule has 3 atom stereocenters. The highest BCUT2D eigenvalue weighted by Gasteiger charge is 2.40. The number of aromatic nitrogens is 3. The number of aliphatic hydroxyl groups excluding tert-OH is 2. The summed E-state index contributed by atoms with van der Waals surface area (Å²) in [4.78, 5) is 13.6. The maximum atomic E-state index is 10.1. The minimum Gasteiger partial charge on any atom is -0.393 e. The quantitative estimate of drug-likeness (QED) is 0.162. The van der Waals surface area contributed by atoms with Crippen molar-refractivity contribution in [2.75, 3.05) is 42.7 Å². The Morgan fingerprint density at radius 2 is 1.16 bits per heavy atom. The number of nitrogens with zero attached hydrogens (tertiary/aromatic N) is 3. The van der Waals surface area contributed by atoms with Crippen LogP contribution in [0.2, 0.25) is 0 Å². The fourth-order valence-electron chi connectivity index (χ4n) is 5.81. The van der Waals surface area contributed by atoms with Crippen LogP contribution in [0.5, 0.6) is 0 Å². The summed E-state index contributed by atoms with van der Waals surface area (Å²) in [5.74, 6) is 1.89. The van der Waals surface area contributed by atoms with Crippen LogP contribution in [-0.2, 0) is 4.74 Å². The van der Waals surface area contributed by atoms with E-state index in [-0.39, 0.29) is 29.4 Å². The number of methoxy groups -OCH3 is 1. The van der Waals surface area contributed by atoms with E-state index in [0.717, 1.165) is 44.9 Å². The molecule has 2 rings (SSSR count). The molecular weight excluding hydrogens is 482 g/mol. The Morgan fingerprint density at radius 3 is 1.53 bits per heavy atom. The molecule has 1 saturated heterocycles. The van der Waals surface area contributed by atoms with E-state index in [1.807, 2.05) is 0 Å². The predicted molar refractivity (Wildman–Crippen MR) is 156 cm³/mol. The third kappa shape index (κ3) is 12.0. The monoisotopic (exact) mass is 537 g/mol. The number of hydrogen-bond donors (Lipinski definition) is 6. The molecule has 0 aromatic carbocycles. The van der Waals surface area contributed by atoms with Crippen molar-refractivity contribution in [2.24, 2.45) is 5.92 Å². The molecule has 0 spiro atoms. The first-order chi connectivity index (χ1) is 18.0. The van der Waals surface area contributed by atoms with E-state index < -0.39 is 0 Å². The Labute approximate surface area is 230 Å². The van der Waals surface area contributed by atoms with Gasteiger partial charge in [-0.3, -0.25) is 0 Å². The van der Waals surface area contributed by atoms with Crippen LogP contribution in [0.1, 0.15) is 99.3 Å². The first kappa shape index (κ1) is 32.5. The second kappa shape index (κ2) is 15.7. The molecule has 1 fully saturated rings. The highest BCUT2D eigenvalue weighted by atomic mass is 16.5. The Balaban J connectivity index is 2.01. The SMILES string of the molecule is CCCC(O)CCNc1nc(NCCC(O)CCC)nc(NCCC(OC)C2CC(C)(C)NC(C)(C)C2)n1. The number of piperidine rings is 1. The average Bonchev–Trinajstić information content (AvgIpc) is 2.80. The third-order valence-corrected chi connectivity index (χ3v) is 7.16. The van der Waals surface area contributed by atoms with E-state index in [2.05, 4.69) is 77.8 Å². The molecule has 1 aromatic rings. The highest BCUT2D eigenvalue weighted by Crippen LogP contribution is 2.36. The molecule has 0 aliphatic carbocycles. The molecule has 0 radical (unpaired) electrons. The van der Waals surface area contributed by atoms with Crippen molar-refractivity contribution in [1.29, 1.82) is 0 Å². The summed E-state index contributed by atoms with van der Waals surface area (Å²) in [7, 11) is 1.81. The van der Waals surface area contributed by atoms with Gasteiger partial charge in [-0.05, 0) is 78.6 Å². The summed E-state index contributed by atoms with van der Waals surface area (Å²) in [6.45, 7) is 15.0. The van der Waals surface area contributed by atoms with Crippen LogP contribution in [0.15, 0.2) is 0 Å². The van der Waals surface area contributed by atoms with Crippen molar-refractivity contribution in [2.45, 2.75) is 129 Å². The van der Waals surface area contributed by atoms with Gasteiger partial charge in [-0.25, -0.2) is 0 Å². The average molecular weight is 538 g/mol. The van der Waals surface area contributed by atoms with Crippen LogP contribution in [0.4, 0.5) is 17.8 Å². The molecule has 2 heterocycles. The van der Waals surface area contributed by atoms with Gasteiger partial charge in [0.25, 0.3) is 0 Å². The predicted octanol–water partition coefficient (Wildman–Crippen LogP) is 4.17. The Kier molecular flexibility index (Phi) is 13.4. The number of aliphatic hydroxyl groups is 2. The Bertz CT molecular complexity index is 756. The van der Waals surface area contributed by atoms with E-state index in [4.69, 9.17) is 4.74 Å². The molecule has 6 N–H and O–H groups in total. The van der Waals surface area contributed by atoms with Crippen LogP contribution in [0.25, 0.3) is 0 Å². The van der Waals surface area contributed by atoms with Crippen molar-refractivity contribution >= 4 is 17.8 Å². The maximum absolute atomic E-state index is 10.1. The highest BCUT2D eigenvalue weighted by molar-refractivity contribution is 5.42. The van der Waals surface area contributed by atoms with Gasteiger partial charge in [0.05, 0.1) is 18.3 Å². The standard InChI is InChI=1S/C28H55N7O3/c1-8-10-21(36)12-15-29-24-32-25(30-16-13-22(37)11-9-2)34-26(33-24)31-17-14-23(38-7)20-18-27(3,4)35-28(5,6)19-20/h20-23,35-37H,8-19H2,1-7H3,(H3,29,30,31,32,33,34). The van der Waals surface area contributed by atoms with Crippen molar-refractivity contribution in [1.82, 2.24) is 20.3 Å². The lowest BCUT2D eigenvalue weighted by molar-refractivity contribution is -0.00438. The van der Waals surface area contributed by atoms with Gasteiger partial charge in [0.15, 0.2) is 0 Å². The number of ether oxygens (including phenoxy) is 1. The second-order valence-corrected chi connectivity index (χ2v) is 12.2. The van der Waals surface area contributed by atoms with Crippen molar-refractivity contribution in [3.05, 3.63) is 0 Å². The first-order valence-electron chi connectivity index (χ1n) is 14.6. The van der Waals surface area contributed by atoms with Gasteiger partial charge >= 0.3 is 0 Å². The maximum Gasteiger partial charge on any atom is 0.229 e. The molecule has 1 aromatic heterocycles. The number of nitrogens with one attached hydrogen (secondary N) is 4. The van der Waals surface area contributed by atoms with Crippen LogP contribution >= 0.6 is 0 Å². The van der Waals surface area contributed by atoms with Gasteiger partial charge in [0.1, 0.15) is 0 Å². The fraction of sp³-hybridized carbons (Fsp3) is 0.893. The van der Waals surface area contributed by atoms with Gasteiger partial charge in [0.2, 0.25) is 17.8 Å². The number of rotatable bonds is 18. The zero-order valence-corrected chi connectivity index (χ0v) is 24.9. The summed E-state index contributed by atoms with van der Waals surface area (Å²) < 4.78 is 5.96. The van der Waals surface area contributed by atoms with Crippen LogP contribution in [0.3, 0.4) is 0 Å². The topological polar surface area (TPSA) is 136 Å². The molecular formula is C28H55N7O3. The van der Waals surface area contributed by atoms with Crippen molar-refractivity contribution < 1.29 is 14.9 Å². The van der Waals surface area contributed by atoms with Crippen molar-refractivity contribution in [3.8, 4) is 0 Å². The van der Waals surface area contributed by atoms with Crippen LogP contribution in [-0.4, -0.2) is 81.3 Å². The van der Waals surface area contributed by atoms with Gasteiger partial charge in [-0.15, -0.1) is 0 Å².